The SMILES string of the molecule is CCCCNC(=O)C1CCN(C(=O)C(N)Cc2ccccc2)CC1. The molecule has 1 atom stereocenters. The van der Waals surface area contributed by atoms with E-state index in [0.29, 0.717) is 19.5 Å². The molecule has 0 aliphatic carbocycles. The van der Waals surface area contributed by atoms with Gasteiger partial charge in [0.2, 0.25) is 11.8 Å². The van der Waals surface area contributed by atoms with E-state index in [1.807, 2.05) is 35.2 Å². The van der Waals surface area contributed by atoms with Crippen molar-refractivity contribution >= 4 is 11.8 Å². The number of benzene rings is 1. The molecule has 0 spiro atoms. The maximum Gasteiger partial charge on any atom is 0.239 e. The molecule has 3 N–H and O–H groups in total. The molecule has 5 nitrogen and oxygen atoms in total. The summed E-state index contributed by atoms with van der Waals surface area (Å²) in [5.74, 6) is 0.143. The first kappa shape index (κ1) is 18.5. The van der Waals surface area contributed by atoms with Gasteiger partial charge in [-0.2, -0.15) is 0 Å². The molecular formula is C19H29N3O2. The van der Waals surface area contributed by atoms with Crippen molar-refractivity contribution in [1.29, 1.82) is 0 Å². The van der Waals surface area contributed by atoms with Gasteiger partial charge in [0.25, 0.3) is 0 Å². The molecule has 1 fully saturated rings. The predicted molar refractivity (Wildman–Crippen MR) is 95.3 cm³/mol. The second-order valence-corrected chi connectivity index (χ2v) is 6.54. The highest BCUT2D eigenvalue weighted by atomic mass is 16.2. The summed E-state index contributed by atoms with van der Waals surface area (Å²) >= 11 is 0. The third-order valence-corrected chi connectivity index (χ3v) is 4.62. The van der Waals surface area contributed by atoms with Crippen LogP contribution in [0, 0.1) is 5.92 Å². The molecule has 0 bridgehead atoms. The van der Waals surface area contributed by atoms with Crippen molar-refractivity contribution in [2.45, 2.75) is 45.1 Å². The Labute approximate surface area is 144 Å². The second-order valence-electron chi connectivity index (χ2n) is 6.54. The van der Waals surface area contributed by atoms with Gasteiger partial charge in [0.1, 0.15) is 0 Å². The average Bonchev–Trinajstić information content (AvgIpc) is 2.62. The van der Waals surface area contributed by atoms with Crippen molar-refractivity contribution in [3.63, 3.8) is 0 Å². The smallest absolute Gasteiger partial charge is 0.239 e. The molecule has 24 heavy (non-hydrogen) atoms. The first-order chi connectivity index (χ1) is 11.6. The van der Waals surface area contributed by atoms with Gasteiger partial charge in [0.05, 0.1) is 6.04 Å². The molecule has 5 heteroatoms. The lowest BCUT2D eigenvalue weighted by Crippen LogP contribution is -2.49. The summed E-state index contributed by atoms with van der Waals surface area (Å²) in [5, 5.41) is 2.99. The van der Waals surface area contributed by atoms with E-state index < -0.39 is 6.04 Å². The fourth-order valence-corrected chi connectivity index (χ4v) is 3.08. The van der Waals surface area contributed by atoms with Gasteiger partial charge >= 0.3 is 0 Å². The van der Waals surface area contributed by atoms with Crippen LogP contribution in [0.1, 0.15) is 38.2 Å². The van der Waals surface area contributed by atoms with Crippen molar-refractivity contribution in [1.82, 2.24) is 10.2 Å². The minimum Gasteiger partial charge on any atom is -0.356 e. The number of carbonyl (C=O) groups is 2. The number of unbranched alkanes of at least 4 members (excludes halogenated alkanes) is 1. The van der Waals surface area contributed by atoms with Gasteiger partial charge in [-0.05, 0) is 31.2 Å². The number of rotatable bonds is 7. The number of hydrogen-bond donors (Lipinski definition) is 2. The van der Waals surface area contributed by atoms with Crippen molar-refractivity contribution < 1.29 is 9.59 Å². The van der Waals surface area contributed by atoms with Gasteiger partial charge < -0.3 is 16.0 Å². The number of nitrogens with two attached hydrogens (primary N) is 1. The Morgan fingerprint density at radius 2 is 1.92 bits per heavy atom. The number of amides is 2. The maximum atomic E-state index is 12.5. The van der Waals surface area contributed by atoms with E-state index in [1.165, 1.54) is 0 Å². The van der Waals surface area contributed by atoms with Gasteiger partial charge in [0, 0.05) is 25.6 Å². The highest BCUT2D eigenvalue weighted by Crippen LogP contribution is 2.18. The Morgan fingerprint density at radius 3 is 2.54 bits per heavy atom. The Morgan fingerprint density at radius 1 is 1.25 bits per heavy atom. The van der Waals surface area contributed by atoms with Crippen LogP contribution in [-0.2, 0) is 16.0 Å². The fraction of sp³-hybridized carbons (Fsp3) is 0.579. The normalized spacial score (nSPS) is 16.7. The number of nitrogens with one attached hydrogen (secondary N) is 1. The summed E-state index contributed by atoms with van der Waals surface area (Å²) in [5.41, 5.74) is 7.16. The first-order valence-corrected chi connectivity index (χ1v) is 8.97. The van der Waals surface area contributed by atoms with E-state index in [0.717, 1.165) is 37.8 Å². The van der Waals surface area contributed by atoms with Gasteiger partial charge in [0.15, 0.2) is 0 Å². The lowest BCUT2D eigenvalue weighted by molar-refractivity contribution is -0.136. The number of likely N-dealkylation sites (tertiary alicyclic amines) is 1. The molecule has 1 aromatic carbocycles. The zero-order chi connectivity index (χ0) is 17.4. The maximum absolute atomic E-state index is 12.5. The minimum atomic E-state index is -0.512. The number of hydrogen-bond acceptors (Lipinski definition) is 3. The molecule has 0 aromatic heterocycles. The van der Waals surface area contributed by atoms with Crippen LogP contribution in [-0.4, -0.2) is 42.4 Å². The summed E-state index contributed by atoms with van der Waals surface area (Å²) < 4.78 is 0. The van der Waals surface area contributed by atoms with Crippen molar-refractivity contribution in [2.24, 2.45) is 11.7 Å². The third-order valence-electron chi connectivity index (χ3n) is 4.62. The standard InChI is InChI=1S/C19H29N3O2/c1-2-3-11-21-18(23)16-9-12-22(13-10-16)19(24)17(20)14-15-7-5-4-6-8-15/h4-8,16-17H,2-3,9-14,20H2,1H3,(H,21,23). The molecular weight excluding hydrogens is 302 g/mol. The van der Waals surface area contributed by atoms with Crippen LogP contribution in [0.2, 0.25) is 0 Å². The van der Waals surface area contributed by atoms with E-state index in [2.05, 4.69) is 12.2 Å². The van der Waals surface area contributed by atoms with E-state index in [9.17, 15) is 9.59 Å². The summed E-state index contributed by atoms with van der Waals surface area (Å²) in [6.45, 7) is 4.09. The van der Waals surface area contributed by atoms with Gasteiger partial charge in [-0.25, -0.2) is 0 Å². The highest BCUT2D eigenvalue weighted by Gasteiger charge is 2.29. The summed E-state index contributed by atoms with van der Waals surface area (Å²) in [6.07, 6.45) is 4.09. The quantitative estimate of drug-likeness (QED) is 0.747. The molecule has 2 amide bonds. The van der Waals surface area contributed by atoms with Crippen LogP contribution in [0.25, 0.3) is 0 Å². The van der Waals surface area contributed by atoms with Gasteiger partial charge in [-0.1, -0.05) is 43.7 Å². The highest BCUT2D eigenvalue weighted by molar-refractivity contribution is 5.83. The predicted octanol–water partition coefficient (Wildman–Crippen LogP) is 1.71. The van der Waals surface area contributed by atoms with Crippen LogP contribution in [0.4, 0.5) is 0 Å². The van der Waals surface area contributed by atoms with E-state index in [-0.39, 0.29) is 17.7 Å². The molecule has 132 valence electrons. The number of carbonyl (C=O) groups excluding carboxylic acids is 2. The summed E-state index contributed by atoms with van der Waals surface area (Å²) in [4.78, 5) is 26.4. The summed E-state index contributed by atoms with van der Waals surface area (Å²) in [6, 6.07) is 9.32. The first-order valence-electron chi connectivity index (χ1n) is 8.97. The van der Waals surface area contributed by atoms with Crippen LogP contribution >= 0.6 is 0 Å². The fourth-order valence-electron chi connectivity index (χ4n) is 3.08. The average molecular weight is 331 g/mol. The Kier molecular flexibility index (Phi) is 7.25. The van der Waals surface area contributed by atoms with Crippen molar-refractivity contribution in [3.05, 3.63) is 35.9 Å². The topological polar surface area (TPSA) is 75.4 Å². The molecule has 1 aliphatic heterocycles. The zero-order valence-electron chi connectivity index (χ0n) is 14.5. The molecule has 1 heterocycles. The van der Waals surface area contributed by atoms with E-state index in [1.54, 1.807) is 0 Å². The minimum absolute atomic E-state index is 0.0105. The molecule has 0 radical (unpaired) electrons. The van der Waals surface area contributed by atoms with Crippen LogP contribution in [0.15, 0.2) is 30.3 Å². The monoisotopic (exact) mass is 331 g/mol. The third kappa shape index (κ3) is 5.34. The molecule has 1 saturated heterocycles. The number of piperidine rings is 1. The molecule has 0 saturated carbocycles. The molecule has 2 rings (SSSR count). The van der Waals surface area contributed by atoms with Crippen LogP contribution in [0.5, 0.6) is 0 Å². The van der Waals surface area contributed by atoms with E-state index >= 15 is 0 Å². The van der Waals surface area contributed by atoms with Gasteiger partial charge in [-0.15, -0.1) is 0 Å². The Bertz CT molecular complexity index is 525. The van der Waals surface area contributed by atoms with E-state index in [4.69, 9.17) is 5.73 Å². The largest absolute Gasteiger partial charge is 0.356 e. The van der Waals surface area contributed by atoms with Crippen LogP contribution < -0.4 is 11.1 Å². The summed E-state index contributed by atoms with van der Waals surface area (Å²) in [7, 11) is 0. The molecule has 1 unspecified atom stereocenters. The lowest BCUT2D eigenvalue weighted by atomic mass is 9.95. The number of nitrogens with zero attached hydrogens (tertiary/aromatic N) is 1. The molecule has 1 aromatic rings. The molecule has 1 aliphatic rings. The van der Waals surface area contributed by atoms with Gasteiger partial charge in [-0.3, -0.25) is 9.59 Å². The lowest BCUT2D eigenvalue weighted by Gasteiger charge is -2.33. The zero-order valence-corrected chi connectivity index (χ0v) is 14.5. The second kappa shape index (κ2) is 9.42. The van der Waals surface area contributed by atoms with Crippen LogP contribution in [0.3, 0.4) is 0 Å². The van der Waals surface area contributed by atoms with Crippen molar-refractivity contribution in [2.75, 3.05) is 19.6 Å². The Hall–Kier alpha value is -1.88. The van der Waals surface area contributed by atoms with Crippen molar-refractivity contribution in [3.8, 4) is 0 Å². The Balaban J connectivity index is 1.76.